The van der Waals surface area contributed by atoms with Crippen LogP contribution in [0.2, 0.25) is 0 Å². The second-order valence-electron chi connectivity index (χ2n) is 5.41. The van der Waals surface area contributed by atoms with E-state index in [1.54, 1.807) is 0 Å². The van der Waals surface area contributed by atoms with E-state index in [0.717, 1.165) is 31.5 Å². The van der Waals surface area contributed by atoms with Crippen molar-refractivity contribution in [3.8, 4) is 5.88 Å². The van der Waals surface area contributed by atoms with Crippen molar-refractivity contribution in [2.24, 2.45) is 0 Å². The molecule has 3 heterocycles. The molecule has 2 unspecified atom stereocenters. The molecule has 2 saturated heterocycles. The molecule has 2 aliphatic heterocycles. The zero-order valence-corrected chi connectivity index (χ0v) is 11.2. The highest BCUT2D eigenvalue weighted by molar-refractivity contribution is 5.56. The second-order valence-corrected chi connectivity index (χ2v) is 5.41. The average Bonchev–Trinajstić information content (AvgIpc) is 2.65. The van der Waals surface area contributed by atoms with Crippen LogP contribution in [0.1, 0.15) is 32.6 Å². The molecule has 0 spiro atoms. The van der Waals surface area contributed by atoms with Crippen LogP contribution in [-0.2, 0) is 0 Å². The van der Waals surface area contributed by atoms with Gasteiger partial charge in [-0.2, -0.15) is 4.98 Å². The van der Waals surface area contributed by atoms with Gasteiger partial charge in [0.1, 0.15) is 5.82 Å². The molecule has 0 saturated carbocycles. The molecule has 0 amide bonds. The Kier molecular flexibility index (Phi) is 3.22. The van der Waals surface area contributed by atoms with Gasteiger partial charge in [-0.05, 0) is 44.7 Å². The Labute approximate surface area is 113 Å². The van der Waals surface area contributed by atoms with E-state index in [2.05, 4.69) is 9.88 Å². The molecular weight excluding hydrogens is 242 g/mol. The standard InChI is InChI=1S/C14H21N3O2/c1-2-19-14-12(15)5-6-13(16-14)17-9-3-4-10(17)8-11(18)7-9/h5-6,9-11,18H,2-4,7-8,15H2,1H3. The van der Waals surface area contributed by atoms with Gasteiger partial charge in [0.05, 0.1) is 18.4 Å². The number of pyridine rings is 1. The Morgan fingerprint density at radius 1 is 1.37 bits per heavy atom. The summed E-state index contributed by atoms with van der Waals surface area (Å²) in [6.45, 7) is 2.49. The van der Waals surface area contributed by atoms with Crippen molar-refractivity contribution < 1.29 is 9.84 Å². The molecule has 1 aromatic heterocycles. The lowest BCUT2D eigenvalue weighted by molar-refractivity contribution is 0.126. The van der Waals surface area contributed by atoms with Crippen LogP contribution in [0.25, 0.3) is 0 Å². The van der Waals surface area contributed by atoms with Gasteiger partial charge in [-0.3, -0.25) is 0 Å². The molecule has 104 valence electrons. The van der Waals surface area contributed by atoms with Crippen LogP contribution >= 0.6 is 0 Å². The Morgan fingerprint density at radius 3 is 2.68 bits per heavy atom. The van der Waals surface area contributed by atoms with Crippen molar-refractivity contribution >= 4 is 11.5 Å². The minimum atomic E-state index is -0.158. The van der Waals surface area contributed by atoms with E-state index < -0.39 is 0 Å². The minimum absolute atomic E-state index is 0.158. The fourth-order valence-electron chi connectivity index (χ4n) is 3.36. The van der Waals surface area contributed by atoms with E-state index in [0.29, 0.717) is 30.3 Å². The Balaban J connectivity index is 1.88. The maximum absolute atomic E-state index is 9.85. The third-order valence-corrected chi connectivity index (χ3v) is 4.13. The number of hydrogen-bond donors (Lipinski definition) is 2. The molecule has 5 heteroatoms. The first kappa shape index (κ1) is 12.5. The zero-order valence-electron chi connectivity index (χ0n) is 11.2. The number of aliphatic hydroxyl groups is 1. The van der Waals surface area contributed by atoms with Crippen molar-refractivity contribution in [1.82, 2.24) is 4.98 Å². The molecule has 19 heavy (non-hydrogen) atoms. The minimum Gasteiger partial charge on any atom is -0.476 e. The summed E-state index contributed by atoms with van der Waals surface area (Å²) in [6.07, 6.45) is 3.79. The first-order valence-electron chi connectivity index (χ1n) is 7.04. The molecule has 5 nitrogen and oxygen atoms in total. The van der Waals surface area contributed by atoms with E-state index >= 15 is 0 Å². The van der Waals surface area contributed by atoms with Crippen LogP contribution in [0.4, 0.5) is 11.5 Å². The number of hydrogen-bond acceptors (Lipinski definition) is 5. The highest BCUT2D eigenvalue weighted by Gasteiger charge is 2.40. The molecule has 2 fully saturated rings. The lowest BCUT2D eigenvalue weighted by atomic mass is 10.00. The summed E-state index contributed by atoms with van der Waals surface area (Å²) < 4.78 is 5.47. The number of anilines is 2. The van der Waals surface area contributed by atoms with Gasteiger partial charge in [-0.15, -0.1) is 0 Å². The number of fused-ring (bicyclic) bond motifs is 2. The smallest absolute Gasteiger partial charge is 0.239 e. The van der Waals surface area contributed by atoms with Crippen molar-refractivity contribution in [1.29, 1.82) is 0 Å². The average molecular weight is 263 g/mol. The zero-order chi connectivity index (χ0) is 13.4. The third-order valence-electron chi connectivity index (χ3n) is 4.13. The fraction of sp³-hybridized carbons (Fsp3) is 0.643. The Morgan fingerprint density at radius 2 is 2.05 bits per heavy atom. The molecular formula is C14H21N3O2. The van der Waals surface area contributed by atoms with Gasteiger partial charge in [0.25, 0.3) is 0 Å². The number of rotatable bonds is 3. The number of ether oxygens (including phenoxy) is 1. The second kappa shape index (κ2) is 4.89. The number of aromatic nitrogens is 1. The van der Waals surface area contributed by atoms with Gasteiger partial charge in [-0.25, -0.2) is 0 Å². The first-order valence-corrected chi connectivity index (χ1v) is 7.04. The largest absolute Gasteiger partial charge is 0.476 e. The maximum Gasteiger partial charge on any atom is 0.239 e. The monoisotopic (exact) mass is 263 g/mol. The molecule has 2 atom stereocenters. The van der Waals surface area contributed by atoms with Gasteiger partial charge in [0.2, 0.25) is 5.88 Å². The van der Waals surface area contributed by atoms with Gasteiger partial charge in [-0.1, -0.05) is 0 Å². The molecule has 2 bridgehead atoms. The van der Waals surface area contributed by atoms with Crippen molar-refractivity contribution in [2.45, 2.75) is 50.8 Å². The Hall–Kier alpha value is -1.49. The van der Waals surface area contributed by atoms with E-state index in [-0.39, 0.29) is 6.10 Å². The molecule has 3 N–H and O–H groups in total. The maximum atomic E-state index is 9.85. The molecule has 0 radical (unpaired) electrons. The summed E-state index contributed by atoms with van der Waals surface area (Å²) >= 11 is 0. The highest BCUT2D eigenvalue weighted by Crippen LogP contribution is 2.39. The van der Waals surface area contributed by atoms with E-state index in [1.807, 2.05) is 19.1 Å². The van der Waals surface area contributed by atoms with E-state index in [9.17, 15) is 5.11 Å². The summed E-state index contributed by atoms with van der Waals surface area (Å²) in [5.41, 5.74) is 6.44. The molecule has 3 rings (SSSR count). The summed E-state index contributed by atoms with van der Waals surface area (Å²) in [7, 11) is 0. The first-order chi connectivity index (χ1) is 9.19. The normalized spacial score (nSPS) is 29.6. The lowest BCUT2D eigenvalue weighted by Crippen LogP contribution is -2.45. The van der Waals surface area contributed by atoms with Crippen LogP contribution in [0.15, 0.2) is 12.1 Å². The third kappa shape index (κ3) is 2.23. The van der Waals surface area contributed by atoms with Gasteiger partial charge in [0, 0.05) is 12.1 Å². The summed E-state index contributed by atoms with van der Waals surface area (Å²) in [5, 5.41) is 9.85. The predicted octanol–water partition coefficient (Wildman–Crippen LogP) is 1.55. The fourth-order valence-corrected chi connectivity index (χ4v) is 3.36. The lowest BCUT2D eigenvalue weighted by Gasteiger charge is -2.38. The van der Waals surface area contributed by atoms with Crippen LogP contribution in [0.5, 0.6) is 5.88 Å². The van der Waals surface area contributed by atoms with E-state index in [4.69, 9.17) is 10.5 Å². The van der Waals surface area contributed by atoms with E-state index in [1.165, 1.54) is 0 Å². The SMILES string of the molecule is CCOc1nc(N2C3CCC2CC(O)C3)ccc1N. The quantitative estimate of drug-likeness (QED) is 0.866. The number of piperidine rings is 1. The summed E-state index contributed by atoms with van der Waals surface area (Å²) in [5.74, 6) is 1.45. The molecule has 0 aliphatic carbocycles. The van der Waals surface area contributed by atoms with Crippen LogP contribution in [-0.4, -0.2) is 34.9 Å². The van der Waals surface area contributed by atoms with Gasteiger partial charge >= 0.3 is 0 Å². The topological polar surface area (TPSA) is 71.6 Å². The van der Waals surface area contributed by atoms with Crippen LogP contribution in [0, 0.1) is 0 Å². The van der Waals surface area contributed by atoms with Crippen molar-refractivity contribution in [3.63, 3.8) is 0 Å². The predicted molar refractivity (Wildman–Crippen MR) is 74.3 cm³/mol. The van der Waals surface area contributed by atoms with Crippen molar-refractivity contribution in [3.05, 3.63) is 12.1 Å². The van der Waals surface area contributed by atoms with Gasteiger partial charge in [0.15, 0.2) is 0 Å². The molecule has 2 aliphatic rings. The molecule has 1 aromatic rings. The number of nitrogen functional groups attached to an aromatic ring is 1. The van der Waals surface area contributed by atoms with Gasteiger partial charge < -0.3 is 20.5 Å². The summed E-state index contributed by atoms with van der Waals surface area (Å²) in [4.78, 5) is 6.89. The number of nitrogens with zero attached hydrogens (tertiary/aromatic N) is 2. The number of aliphatic hydroxyl groups excluding tert-OH is 1. The van der Waals surface area contributed by atoms with Crippen LogP contribution < -0.4 is 15.4 Å². The Bertz CT molecular complexity index is 452. The highest BCUT2D eigenvalue weighted by atomic mass is 16.5. The summed E-state index contributed by atoms with van der Waals surface area (Å²) in [6, 6.07) is 4.62. The van der Waals surface area contributed by atoms with Crippen LogP contribution in [0.3, 0.4) is 0 Å². The number of nitrogens with two attached hydrogens (primary N) is 1. The van der Waals surface area contributed by atoms with Crippen molar-refractivity contribution in [2.75, 3.05) is 17.2 Å². The molecule has 0 aromatic carbocycles.